The van der Waals surface area contributed by atoms with Crippen LogP contribution in [0.5, 0.6) is 0 Å². The van der Waals surface area contributed by atoms with Crippen molar-refractivity contribution in [3.63, 3.8) is 0 Å². The zero-order valence-corrected chi connectivity index (χ0v) is 23.1. The molecule has 198 valence electrons. The van der Waals surface area contributed by atoms with Crippen LogP contribution < -0.4 is 15.4 Å². The number of primary amides is 1. The lowest BCUT2D eigenvalue weighted by Gasteiger charge is -2.58. The van der Waals surface area contributed by atoms with Crippen molar-refractivity contribution in [2.75, 3.05) is 23.9 Å². The van der Waals surface area contributed by atoms with E-state index in [0.717, 1.165) is 32.1 Å². The molecule has 2 amide bonds. The zero-order chi connectivity index (χ0) is 26.0. The Morgan fingerprint density at radius 2 is 1.69 bits per heavy atom. The molecule has 4 bridgehead atoms. The van der Waals surface area contributed by atoms with Crippen molar-refractivity contribution in [1.29, 1.82) is 0 Å². The third kappa shape index (κ3) is 4.59. The maximum absolute atomic E-state index is 13.5. The molecule has 12 heteroatoms. The van der Waals surface area contributed by atoms with Gasteiger partial charge in [-0.25, -0.2) is 0 Å². The second kappa shape index (κ2) is 9.49. The molecule has 6 rings (SSSR count). The second-order valence-corrected chi connectivity index (χ2v) is 14.3. The molecule has 3 N–H and O–H groups in total. The van der Waals surface area contributed by atoms with Gasteiger partial charge in [0.05, 0.1) is 15.7 Å². The normalized spacial score (nSPS) is 35.1. The highest BCUT2D eigenvalue weighted by Gasteiger charge is 2.58. The van der Waals surface area contributed by atoms with E-state index >= 15 is 0 Å². The zero-order valence-electron chi connectivity index (χ0n) is 20.1. The first kappa shape index (κ1) is 26.4. The predicted molar refractivity (Wildman–Crippen MR) is 140 cm³/mol. The van der Waals surface area contributed by atoms with Gasteiger partial charge in [0.2, 0.25) is 11.8 Å². The van der Waals surface area contributed by atoms with Crippen LogP contribution in [0, 0.1) is 29.1 Å². The third-order valence-corrected chi connectivity index (χ3v) is 11.2. The number of benzene rings is 1. The second-order valence-electron chi connectivity index (χ2n) is 11.2. The lowest BCUT2D eigenvalue weighted by atomic mass is 9.47. The Labute approximate surface area is 227 Å². The molecule has 0 aromatic heterocycles. The van der Waals surface area contributed by atoms with E-state index in [1.165, 1.54) is 20.7 Å². The van der Waals surface area contributed by atoms with E-state index in [1.54, 1.807) is 0 Å². The number of amides is 2. The van der Waals surface area contributed by atoms with Gasteiger partial charge in [0, 0.05) is 42.5 Å². The van der Waals surface area contributed by atoms with Gasteiger partial charge in [-0.15, -0.1) is 0 Å². The molecule has 5 aliphatic rings. The number of hydrogen-bond donors (Lipinski definition) is 2. The van der Waals surface area contributed by atoms with Crippen molar-refractivity contribution in [1.82, 2.24) is 9.62 Å². The van der Waals surface area contributed by atoms with E-state index in [-0.39, 0.29) is 70.9 Å². The Balaban J connectivity index is 1.26. The number of anilines is 1. The summed E-state index contributed by atoms with van der Waals surface area (Å²) in [5, 5.41) is 3.80. The summed E-state index contributed by atoms with van der Waals surface area (Å²) in [4.78, 5) is 25.2. The largest absolute Gasteiger partial charge is 0.369 e. The number of carbonyl (C=O) groups excluding carboxylic acids is 2. The lowest BCUT2D eigenvalue weighted by Crippen LogP contribution is -2.62. The van der Waals surface area contributed by atoms with E-state index in [9.17, 15) is 18.0 Å². The monoisotopic (exact) mass is 576 g/mol. The average Bonchev–Trinajstić information content (AvgIpc) is 2.76. The molecular formula is C24H31Cl3N4O4S. The van der Waals surface area contributed by atoms with Gasteiger partial charge in [-0.2, -0.15) is 12.7 Å². The van der Waals surface area contributed by atoms with Gasteiger partial charge in [0.1, 0.15) is 0 Å². The van der Waals surface area contributed by atoms with Crippen LogP contribution in [0.2, 0.25) is 15.1 Å². The summed E-state index contributed by atoms with van der Waals surface area (Å²) in [6.45, 7) is 2.51. The number of carbonyl (C=O) groups is 2. The van der Waals surface area contributed by atoms with E-state index < -0.39 is 15.6 Å². The number of rotatable bonds is 6. The highest BCUT2D eigenvalue weighted by molar-refractivity contribution is 7.90. The molecule has 1 saturated heterocycles. The quantitative estimate of drug-likeness (QED) is 0.535. The lowest BCUT2D eigenvalue weighted by molar-refractivity contribution is -0.147. The number of hydrogen-bond acceptors (Lipinski definition) is 4. The minimum absolute atomic E-state index is 0.00573. The molecule has 1 heterocycles. The van der Waals surface area contributed by atoms with Crippen molar-refractivity contribution in [3.05, 3.63) is 27.2 Å². The molecule has 3 unspecified atom stereocenters. The maximum atomic E-state index is 13.5. The first-order valence-corrected chi connectivity index (χ1v) is 14.9. The molecule has 3 atom stereocenters. The van der Waals surface area contributed by atoms with Gasteiger partial charge in [-0.3, -0.25) is 13.9 Å². The fourth-order valence-electron chi connectivity index (χ4n) is 7.25. The number of nitrogens with two attached hydrogens (primary N) is 1. The van der Waals surface area contributed by atoms with Crippen LogP contribution in [0.3, 0.4) is 0 Å². The summed E-state index contributed by atoms with van der Waals surface area (Å²) in [6.07, 6.45) is 4.39. The standard InChI is InChI=1S/C24H31Cl3N4O4S/c1-13-11-30(36(34,35)31(12-13)22-18(26)6-17(25)7-19(22)27)3-2-20(32)29-21-15-4-14-5-16(21)10-24(8-14,9-15)23(28)33/h6-7,13-16,21H,2-5,8-12H2,1H3,(H2,28,33)(H,29,32). The third-order valence-electron chi connectivity index (χ3n) is 8.54. The molecule has 0 spiro atoms. The summed E-state index contributed by atoms with van der Waals surface area (Å²) < 4.78 is 29.5. The summed E-state index contributed by atoms with van der Waals surface area (Å²) in [5.41, 5.74) is 5.55. The number of nitrogens with zero attached hydrogens (tertiary/aromatic N) is 2. The van der Waals surface area contributed by atoms with Crippen LogP contribution >= 0.6 is 34.8 Å². The highest BCUT2D eigenvalue weighted by atomic mass is 35.5. The number of nitrogens with one attached hydrogen (secondary N) is 1. The molecule has 8 nitrogen and oxygen atoms in total. The average molecular weight is 578 g/mol. The van der Waals surface area contributed by atoms with Crippen molar-refractivity contribution < 1.29 is 18.0 Å². The summed E-state index contributed by atoms with van der Waals surface area (Å²) in [5.74, 6) is 0.603. The summed E-state index contributed by atoms with van der Waals surface area (Å²) >= 11 is 18.7. The van der Waals surface area contributed by atoms with Crippen LogP contribution in [-0.2, 0) is 19.8 Å². The first-order valence-electron chi connectivity index (χ1n) is 12.4. The molecule has 5 fully saturated rings. The van der Waals surface area contributed by atoms with Crippen LogP contribution in [0.15, 0.2) is 12.1 Å². The molecule has 1 aromatic carbocycles. The van der Waals surface area contributed by atoms with Gasteiger partial charge >= 0.3 is 10.2 Å². The number of halogens is 3. The van der Waals surface area contributed by atoms with Gasteiger partial charge in [0.25, 0.3) is 0 Å². The van der Waals surface area contributed by atoms with Gasteiger partial charge in [-0.1, -0.05) is 41.7 Å². The van der Waals surface area contributed by atoms with Crippen molar-refractivity contribution in [2.24, 2.45) is 34.8 Å². The Hall–Kier alpha value is -1.26. The van der Waals surface area contributed by atoms with Crippen molar-refractivity contribution >= 4 is 62.5 Å². The molecule has 1 aromatic rings. The fourth-order valence-corrected chi connectivity index (χ4v) is 10.3. The van der Waals surface area contributed by atoms with Crippen LogP contribution in [0.25, 0.3) is 0 Å². The van der Waals surface area contributed by atoms with Crippen molar-refractivity contribution in [3.8, 4) is 0 Å². The smallest absolute Gasteiger partial charge is 0.304 e. The van der Waals surface area contributed by atoms with Gasteiger partial charge in [0.15, 0.2) is 0 Å². The predicted octanol–water partition coefficient (Wildman–Crippen LogP) is 3.84. The maximum Gasteiger partial charge on any atom is 0.304 e. The Kier molecular flexibility index (Phi) is 6.94. The van der Waals surface area contributed by atoms with Crippen LogP contribution in [-0.4, -0.2) is 50.2 Å². The molecule has 1 aliphatic heterocycles. The summed E-state index contributed by atoms with van der Waals surface area (Å²) in [7, 11) is -3.95. The van der Waals surface area contributed by atoms with E-state index in [2.05, 4.69) is 5.32 Å². The first-order chi connectivity index (χ1) is 16.9. The van der Waals surface area contributed by atoms with Gasteiger partial charge in [-0.05, 0) is 67.9 Å². The van der Waals surface area contributed by atoms with Gasteiger partial charge < -0.3 is 11.1 Å². The van der Waals surface area contributed by atoms with E-state index in [4.69, 9.17) is 40.5 Å². The molecular weight excluding hydrogens is 547 g/mol. The molecule has 4 saturated carbocycles. The summed E-state index contributed by atoms with van der Waals surface area (Å²) in [6, 6.07) is 2.94. The minimum Gasteiger partial charge on any atom is -0.369 e. The van der Waals surface area contributed by atoms with E-state index in [0.29, 0.717) is 17.5 Å². The van der Waals surface area contributed by atoms with Crippen LogP contribution in [0.1, 0.15) is 45.4 Å². The molecule has 4 aliphatic carbocycles. The SMILES string of the molecule is CC1CN(CCC(=O)NC2C3CC4CC2CC(C(N)=O)(C4)C3)S(=O)(=O)N(c2c(Cl)cc(Cl)cc2Cl)C1. The topological polar surface area (TPSA) is 113 Å². The minimum atomic E-state index is -3.95. The van der Waals surface area contributed by atoms with E-state index in [1.807, 2.05) is 6.92 Å². The van der Waals surface area contributed by atoms with Crippen molar-refractivity contribution in [2.45, 2.75) is 51.5 Å². The highest BCUT2D eigenvalue weighted by Crippen LogP contribution is 2.59. The molecule has 36 heavy (non-hydrogen) atoms. The Morgan fingerprint density at radius 3 is 2.28 bits per heavy atom. The molecule has 0 radical (unpaired) electrons. The van der Waals surface area contributed by atoms with Crippen LogP contribution in [0.4, 0.5) is 5.69 Å². The Morgan fingerprint density at radius 1 is 1.08 bits per heavy atom. The fraction of sp³-hybridized carbons (Fsp3) is 0.667. The Bertz CT molecular complexity index is 1160.